The zero-order valence-electron chi connectivity index (χ0n) is 43.5. The number of unbranched alkanes of at least 4 members (excludes halogenated alkanes) is 2. The van der Waals surface area contributed by atoms with Gasteiger partial charge >= 0.3 is 0 Å². The first kappa shape index (κ1) is 52.8. The monoisotopic (exact) mass is 1010 g/mol. The third-order valence-corrected chi connectivity index (χ3v) is 15.5. The van der Waals surface area contributed by atoms with Gasteiger partial charge in [-0.3, -0.25) is 19.6 Å². The van der Waals surface area contributed by atoms with Crippen molar-refractivity contribution in [2.24, 2.45) is 0 Å². The molecule has 6 heterocycles. The molecule has 6 aromatic rings. The van der Waals surface area contributed by atoms with Crippen LogP contribution in [0, 0.1) is 23.3 Å². The Kier molecular flexibility index (Phi) is 15.7. The van der Waals surface area contributed by atoms with Gasteiger partial charge in [-0.2, -0.15) is 0 Å². The van der Waals surface area contributed by atoms with Gasteiger partial charge in [-0.25, -0.2) is 26.3 Å². The maximum Gasteiger partial charge on any atom is 0.143 e. The molecule has 15 heteroatoms. The molecule has 10 rings (SSSR count). The summed E-state index contributed by atoms with van der Waals surface area (Å²) in [5.74, 6) is -2.54. The Labute approximate surface area is 426 Å². The Hall–Kier alpha value is -5.06. The number of nitrogens with zero attached hydrogens (tertiary/aromatic N) is 4. The zero-order valence-corrected chi connectivity index (χ0v) is 43.5. The second kappa shape index (κ2) is 21.7. The Morgan fingerprint density at radius 1 is 0.603 bits per heavy atom. The molecular weight excluding hydrogens is 939 g/mol. The fourth-order valence-corrected chi connectivity index (χ4v) is 11.8. The average molecular weight is 1010 g/mol. The molecule has 0 saturated carbocycles. The molecule has 73 heavy (non-hydrogen) atoms. The molecule has 394 valence electrons. The van der Waals surface area contributed by atoms with Crippen molar-refractivity contribution < 1.29 is 31.4 Å². The number of fused-ring (bicyclic) bond motifs is 6. The van der Waals surface area contributed by atoms with Crippen molar-refractivity contribution in [2.45, 2.75) is 135 Å². The standard InChI is InChI=1S/C29H37F3N4O.C29H37F3N4/c1-4-5-10-35-14-20(15-35)33-19-12-23(30)26(24(31)13-19)28-27-22(21-8-6-7-9-25(21)34-27)11-18(2)36(28)16-29(3,32)17-37;1-5-6-11-35-15-20(16-35)33-19-13-23(30)26(24(31)14-19)28-27-22(21-9-7-8-10-25(21)34-27)12-18(2)36(28)17-29(3,4)32/h6-9,12-13,18,20,28,33-34,37H,4-5,10-11,14-17H2,1-3H3;7-10,13-14,18,20,28,33-34H,5-6,11-12,15-17H2,1-4H3/t18-,28-,29-;18-,28-/m11/s1. The molecule has 5 N–H and O–H groups in total. The van der Waals surface area contributed by atoms with Crippen LogP contribution in [0.2, 0.25) is 0 Å². The van der Waals surface area contributed by atoms with Crippen LogP contribution in [0.25, 0.3) is 21.8 Å². The summed E-state index contributed by atoms with van der Waals surface area (Å²) in [4.78, 5) is 15.2. The van der Waals surface area contributed by atoms with Crippen LogP contribution < -0.4 is 10.6 Å². The predicted molar refractivity (Wildman–Crippen MR) is 282 cm³/mol. The number of halogens is 6. The van der Waals surface area contributed by atoms with Gasteiger partial charge in [-0.15, -0.1) is 0 Å². The summed E-state index contributed by atoms with van der Waals surface area (Å²) in [7, 11) is 0. The molecule has 2 saturated heterocycles. The third-order valence-electron chi connectivity index (χ3n) is 15.5. The lowest BCUT2D eigenvalue weighted by Crippen LogP contribution is -2.54. The number of likely N-dealkylation sites (tertiary alicyclic amines) is 2. The number of H-pyrrole nitrogens is 2. The lowest BCUT2D eigenvalue weighted by Gasteiger charge is -2.43. The Balaban J connectivity index is 0.000000180. The highest BCUT2D eigenvalue weighted by molar-refractivity contribution is 5.86. The molecule has 0 radical (unpaired) electrons. The summed E-state index contributed by atoms with van der Waals surface area (Å²) in [5.41, 5.74) is 2.60. The SMILES string of the molecule is CCCCN1CC(Nc2cc(F)c([C@@H]3c4[nH]c5ccccc5c4C[C@@H](C)N3CC(C)(C)F)c(F)c2)C1.CCCCN1CC(Nc2cc(F)c([C@@H]3c4[nH]c5ccccc5c4C[C@@H](C)N3C[C@@](C)(F)CO)c(F)c2)C1. The number of aliphatic hydroxyl groups excluding tert-OH is 1. The first-order chi connectivity index (χ1) is 34.8. The van der Waals surface area contributed by atoms with Crippen molar-refractivity contribution in [1.82, 2.24) is 29.6 Å². The molecule has 2 fully saturated rings. The van der Waals surface area contributed by atoms with Crippen LogP contribution in [0.15, 0.2) is 72.8 Å². The first-order valence-electron chi connectivity index (χ1n) is 26.5. The smallest absolute Gasteiger partial charge is 0.143 e. The zero-order chi connectivity index (χ0) is 51.9. The maximum atomic E-state index is 15.8. The van der Waals surface area contributed by atoms with Gasteiger partial charge in [0.1, 0.15) is 34.6 Å². The average Bonchev–Trinajstić information content (AvgIpc) is 3.87. The number of para-hydroxylation sites is 2. The first-order valence-corrected chi connectivity index (χ1v) is 26.5. The second-order valence-electron chi connectivity index (χ2n) is 22.3. The number of hydrogen-bond acceptors (Lipinski definition) is 7. The van der Waals surface area contributed by atoms with Gasteiger partial charge in [0.05, 0.1) is 30.8 Å². The van der Waals surface area contributed by atoms with E-state index in [4.69, 9.17) is 0 Å². The van der Waals surface area contributed by atoms with E-state index < -0.39 is 53.3 Å². The number of benzene rings is 4. The van der Waals surface area contributed by atoms with Crippen LogP contribution in [0.4, 0.5) is 37.7 Å². The van der Waals surface area contributed by atoms with E-state index in [0.717, 1.165) is 104 Å². The van der Waals surface area contributed by atoms with Crippen molar-refractivity contribution in [2.75, 3.05) is 69.6 Å². The van der Waals surface area contributed by atoms with Crippen LogP contribution in [0.3, 0.4) is 0 Å². The normalized spacial score (nSPS) is 22.1. The van der Waals surface area contributed by atoms with Crippen LogP contribution in [-0.4, -0.2) is 129 Å². The van der Waals surface area contributed by atoms with Gasteiger partial charge in [0, 0.05) is 107 Å². The van der Waals surface area contributed by atoms with E-state index in [2.05, 4.69) is 44.2 Å². The van der Waals surface area contributed by atoms with Crippen molar-refractivity contribution in [3.63, 3.8) is 0 Å². The maximum absolute atomic E-state index is 15.8. The third kappa shape index (κ3) is 11.3. The highest BCUT2D eigenvalue weighted by Crippen LogP contribution is 2.46. The van der Waals surface area contributed by atoms with Gasteiger partial charge < -0.3 is 25.7 Å². The van der Waals surface area contributed by atoms with E-state index in [1.54, 1.807) is 4.90 Å². The minimum atomic E-state index is -1.92. The summed E-state index contributed by atoms with van der Waals surface area (Å²) < 4.78 is 93.2. The summed E-state index contributed by atoms with van der Waals surface area (Å²) in [6, 6.07) is 19.7. The van der Waals surface area contributed by atoms with Crippen LogP contribution in [-0.2, 0) is 12.8 Å². The lowest BCUT2D eigenvalue weighted by atomic mass is 9.87. The quantitative estimate of drug-likeness (QED) is 0.0582. The summed E-state index contributed by atoms with van der Waals surface area (Å²) in [5, 5.41) is 18.3. The van der Waals surface area contributed by atoms with Gasteiger partial charge in [0.2, 0.25) is 0 Å². The Morgan fingerprint density at radius 2 is 0.986 bits per heavy atom. The van der Waals surface area contributed by atoms with Gasteiger partial charge in [-0.05, 0) is 121 Å². The van der Waals surface area contributed by atoms with Crippen molar-refractivity contribution in [3.05, 3.63) is 130 Å². The van der Waals surface area contributed by atoms with Gasteiger partial charge in [-0.1, -0.05) is 63.1 Å². The molecule has 4 aliphatic heterocycles. The fraction of sp³-hybridized carbons (Fsp3) is 0.517. The highest BCUT2D eigenvalue weighted by atomic mass is 19.2. The number of rotatable bonds is 17. The van der Waals surface area contributed by atoms with Crippen molar-refractivity contribution in [3.8, 4) is 0 Å². The molecule has 0 unspecified atom stereocenters. The lowest BCUT2D eigenvalue weighted by molar-refractivity contribution is 0.0162. The van der Waals surface area contributed by atoms with Crippen LogP contribution >= 0.6 is 0 Å². The molecular formula is C58H74F6N8O. The van der Waals surface area contributed by atoms with E-state index in [0.29, 0.717) is 29.9 Å². The molecule has 0 amide bonds. The Morgan fingerprint density at radius 3 is 1.36 bits per heavy atom. The predicted octanol–water partition coefficient (Wildman–Crippen LogP) is 11.8. The summed E-state index contributed by atoms with van der Waals surface area (Å²) in [6.45, 7) is 17.4. The molecule has 0 spiro atoms. The molecule has 5 atom stereocenters. The number of hydrogen-bond donors (Lipinski definition) is 5. The minimum absolute atomic E-state index is 0.0256. The number of aliphatic hydroxyl groups is 1. The number of aromatic nitrogens is 2. The second-order valence-corrected chi connectivity index (χ2v) is 22.3. The number of nitrogens with one attached hydrogen (secondary N) is 4. The Bertz CT molecular complexity index is 2820. The molecule has 4 aliphatic rings. The van der Waals surface area contributed by atoms with E-state index in [1.165, 1.54) is 45.0 Å². The van der Waals surface area contributed by atoms with Crippen molar-refractivity contribution in [1.29, 1.82) is 0 Å². The van der Waals surface area contributed by atoms with E-state index in [9.17, 15) is 9.50 Å². The summed E-state index contributed by atoms with van der Waals surface area (Å²) >= 11 is 0. The summed E-state index contributed by atoms with van der Waals surface area (Å²) in [6.07, 6.45) is 5.89. The molecule has 0 aliphatic carbocycles. The number of anilines is 2. The number of alkyl halides is 2. The molecule has 2 aromatic heterocycles. The largest absolute Gasteiger partial charge is 0.393 e. The van der Waals surface area contributed by atoms with Gasteiger partial charge in [0.15, 0.2) is 0 Å². The van der Waals surface area contributed by atoms with Gasteiger partial charge in [0.25, 0.3) is 0 Å². The topological polar surface area (TPSA) is 88.8 Å². The molecule has 4 aromatic carbocycles. The van der Waals surface area contributed by atoms with Crippen LogP contribution in [0.1, 0.15) is 120 Å². The van der Waals surface area contributed by atoms with E-state index in [1.807, 2.05) is 67.3 Å². The fourth-order valence-electron chi connectivity index (χ4n) is 11.8. The highest BCUT2D eigenvalue weighted by Gasteiger charge is 2.44. The van der Waals surface area contributed by atoms with Crippen LogP contribution in [0.5, 0.6) is 0 Å². The molecule has 9 nitrogen and oxygen atoms in total. The minimum Gasteiger partial charge on any atom is -0.393 e. The number of aromatic amines is 2. The van der Waals surface area contributed by atoms with E-state index >= 15 is 22.0 Å². The van der Waals surface area contributed by atoms with E-state index in [-0.39, 0.29) is 48.4 Å². The molecule has 0 bridgehead atoms. The van der Waals surface area contributed by atoms with Crippen molar-refractivity contribution >= 4 is 33.2 Å².